The van der Waals surface area contributed by atoms with Crippen molar-refractivity contribution in [3.63, 3.8) is 0 Å². The van der Waals surface area contributed by atoms with Crippen molar-refractivity contribution in [2.75, 3.05) is 6.54 Å². The van der Waals surface area contributed by atoms with Crippen LogP contribution in [0.25, 0.3) is 16.9 Å². The summed E-state index contributed by atoms with van der Waals surface area (Å²) in [6.07, 6.45) is 2.34. The van der Waals surface area contributed by atoms with Crippen LogP contribution in [0.4, 0.5) is 0 Å². The van der Waals surface area contributed by atoms with Gasteiger partial charge in [0.05, 0.1) is 11.4 Å². The third-order valence-corrected chi connectivity index (χ3v) is 5.06. The Labute approximate surface area is 162 Å². The van der Waals surface area contributed by atoms with E-state index in [1.54, 1.807) is 0 Å². The van der Waals surface area contributed by atoms with Crippen LogP contribution >= 0.6 is 0 Å². The average Bonchev–Trinajstić information content (AvgIpc) is 2.90. The van der Waals surface area contributed by atoms with E-state index in [2.05, 4.69) is 63.6 Å². The first kappa shape index (κ1) is 19.5. The lowest BCUT2D eigenvalue weighted by Crippen LogP contribution is -2.21. The Morgan fingerprint density at radius 2 is 1.67 bits per heavy atom. The number of aryl methyl sites for hydroxylation is 5. The Morgan fingerprint density at radius 1 is 1.00 bits per heavy atom. The summed E-state index contributed by atoms with van der Waals surface area (Å²) in [5.41, 5.74) is 7.71. The third kappa shape index (κ3) is 3.74. The first-order valence-electron chi connectivity index (χ1n) is 9.88. The van der Waals surface area contributed by atoms with E-state index in [1.165, 1.54) is 28.8 Å². The zero-order chi connectivity index (χ0) is 19.7. The van der Waals surface area contributed by atoms with Crippen LogP contribution in [0.2, 0.25) is 0 Å². The first-order chi connectivity index (χ1) is 12.8. The highest BCUT2D eigenvalue weighted by Gasteiger charge is 2.21. The topological polar surface area (TPSA) is 55.6 Å². The van der Waals surface area contributed by atoms with Crippen LogP contribution in [-0.4, -0.2) is 26.1 Å². The molecule has 5 heteroatoms. The lowest BCUT2D eigenvalue weighted by molar-refractivity contribution is 0.545. The second-order valence-corrected chi connectivity index (χ2v) is 7.60. The van der Waals surface area contributed by atoms with Gasteiger partial charge in [-0.2, -0.15) is 0 Å². The molecular weight excluding hydrogens is 334 g/mol. The van der Waals surface area contributed by atoms with Crippen molar-refractivity contribution >= 4 is 11.2 Å². The fraction of sp³-hybridized carbons (Fsp3) is 0.500. The van der Waals surface area contributed by atoms with Gasteiger partial charge in [0.25, 0.3) is 0 Å². The molecule has 144 valence electrons. The fourth-order valence-corrected chi connectivity index (χ4v) is 3.89. The highest BCUT2D eigenvalue weighted by Crippen LogP contribution is 2.29. The van der Waals surface area contributed by atoms with Crippen LogP contribution < -0.4 is 5.32 Å². The number of benzene rings is 1. The number of rotatable bonds is 6. The lowest BCUT2D eigenvalue weighted by Gasteiger charge is -2.16. The number of imidazole rings is 1. The molecule has 1 unspecified atom stereocenters. The maximum atomic E-state index is 4.88. The number of nitrogens with one attached hydrogen (secondary N) is 1. The SMILES string of the molecule is CCCCNC(C)c1nc(C)nc2c1nc(C)n2-c1c(C)cc(C)cc1C. The molecule has 2 heterocycles. The highest BCUT2D eigenvalue weighted by molar-refractivity contribution is 5.78. The van der Waals surface area contributed by atoms with E-state index in [0.29, 0.717) is 0 Å². The smallest absolute Gasteiger partial charge is 0.168 e. The summed E-state index contributed by atoms with van der Waals surface area (Å²) in [6.45, 7) is 15.8. The molecule has 0 bridgehead atoms. The number of unbranched alkanes of at least 4 members (excludes halogenated alkanes) is 1. The molecule has 1 atom stereocenters. The van der Waals surface area contributed by atoms with E-state index in [1.807, 2.05) is 6.92 Å². The highest BCUT2D eigenvalue weighted by atomic mass is 15.2. The molecule has 0 saturated heterocycles. The molecule has 0 spiro atoms. The van der Waals surface area contributed by atoms with Crippen molar-refractivity contribution in [2.45, 2.75) is 67.3 Å². The van der Waals surface area contributed by atoms with Gasteiger partial charge in [0.15, 0.2) is 5.65 Å². The lowest BCUT2D eigenvalue weighted by atomic mass is 10.0. The van der Waals surface area contributed by atoms with Gasteiger partial charge in [-0.1, -0.05) is 31.0 Å². The molecule has 0 aliphatic heterocycles. The zero-order valence-electron chi connectivity index (χ0n) is 17.6. The zero-order valence-corrected chi connectivity index (χ0v) is 17.6. The predicted octanol–water partition coefficient (Wildman–Crippen LogP) is 4.81. The molecule has 0 aliphatic rings. The number of aromatic nitrogens is 4. The van der Waals surface area contributed by atoms with Crippen molar-refractivity contribution in [2.24, 2.45) is 0 Å². The maximum Gasteiger partial charge on any atom is 0.168 e. The van der Waals surface area contributed by atoms with Gasteiger partial charge in [-0.3, -0.25) is 4.57 Å². The molecule has 2 aromatic heterocycles. The number of fused-ring (bicyclic) bond motifs is 1. The Balaban J connectivity index is 2.19. The number of nitrogens with zero attached hydrogens (tertiary/aromatic N) is 4. The normalized spacial score (nSPS) is 12.7. The molecule has 0 radical (unpaired) electrons. The summed E-state index contributed by atoms with van der Waals surface area (Å²) >= 11 is 0. The summed E-state index contributed by atoms with van der Waals surface area (Å²) in [7, 11) is 0. The van der Waals surface area contributed by atoms with Crippen molar-refractivity contribution in [3.05, 3.63) is 46.2 Å². The van der Waals surface area contributed by atoms with Gasteiger partial charge in [-0.05, 0) is 65.6 Å². The second-order valence-electron chi connectivity index (χ2n) is 7.60. The standard InChI is InChI=1S/C22H31N5/c1-8-9-10-23-16(5)19-20-22(25-17(6)24-19)27(18(7)26-20)21-14(3)11-13(2)12-15(21)4/h11-12,16,23H,8-10H2,1-7H3. The van der Waals surface area contributed by atoms with Crippen LogP contribution in [0.15, 0.2) is 12.1 Å². The summed E-state index contributed by atoms with van der Waals surface area (Å²) in [5, 5.41) is 3.58. The van der Waals surface area contributed by atoms with Gasteiger partial charge in [0.1, 0.15) is 17.2 Å². The van der Waals surface area contributed by atoms with Crippen molar-refractivity contribution < 1.29 is 0 Å². The minimum atomic E-state index is 0.142. The van der Waals surface area contributed by atoms with Gasteiger partial charge in [0, 0.05) is 6.04 Å². The third-order valence-electron chi connectivity index (χ3n) is 5.06. The van der Waals surface area contributed by atoms with Crippen molar-refractivity contribution in [1.29, 1.82) is 0 Å². The van der Waals surface area contributed by atoms with E-state index < -0.39 is 0 Å². The molecule has 3 aromatic rings. The van der Waals surface area contributed by atoms with Gasteiger partial charge < -0.3 is 5.32 Å². The molecule has 0 aliphatic carbocycles. The second kappa shape index (κ2) is 7.77. The largest absolute Gasteiger partial charge is 0.309 e. The Morgan fingerprint density at radius 3 is 2.30 bits per heavy atom. The Bertz CT molecular complexity index is 947. The molecule has 1 N–H and O–H groups in total. The van der Waals surface area contributed by atoms with Crippen molar-refractivity contribution in [3.8, 4) is 5.69 Å². The van der Waals surface area contributed by atoms with Crippen LogP contribution in [0, 0.1) is 34.6 Å². The Kier molecular flexibility index (Phi) is 5.61. The van der Waals surface area contributed by atoms with E-state index >= 15 is 0 Å². The minimum Gasteiger partial charge on any atom is -0.309 e. The van der Waals surface area contributed by atoms with Crippen molar-refractivity contribution in [1.82, 2.24) is 24.8 Å². The van der Waals surface area contributed by atoms with E-state index in [0.717, 1.165) is 41.5 Å². The van der Waals surface area contributed by atoms with Crippen LogP contribution in [0.5, 0.6) is 0 Å². The van der Waals surface area contributed by atoms with E-state index in [9.17, 15) is 0 Å². The molecule has 0 amide bonds. The minimum absolute atomic E-state index is 0.142. The van der Waals surface area contributed by atoms with Gasteiger partial charge in [-0.15, -0.1) is 0 Å². The number of hydrogen-bond donors (Lipinski definition) is 1. The fourth-order valence-electron chi connectivity index (χ4n) is 3.89. The predicted molar refractivity (Wildman–Crippen MR) is 112 cm³/mol. The van der Waals surface area contributed by atoms with Crippen LogP contribution in [0.1, 0.15) is 66.8 Å². The van der Waals surface area contributed by atoms with Gasteiger partial charge >= 0.3 is 0 Å². The molecular formula is C22H31N5. The Hall–Kier alpha value is -2.27. The van der Waals surface area contributed by atoms with Crippen LogP contribution in [-0.2, 0) is 0 Å². The van der Waals surface area contributed by atoms with Gasteiger partial charge in [-0.25, -0.2) is 15.0 Å². The molecule has 0 saturated carbocycles. The van der Waals surface area contributed by atoms with E-state index in [4.69, 9.17) is 15.0 Å². The molecule has 3 rings (SSSR count). The first-order valence-corrected chi connectivity index (χ1v) is 9.88. The molecule has 5 nitrogen and oxygen atoms in total. The number of hydrogen-bond acceptors (Lipinski definition) is 4. The maximum absolute atomic E-state index is 4.88. The summed E-state index contributed by atoms with van der Waals surface area (Å²) in [6, 6.07) is 4.58. The quantitative estimate of drug-likeness (QED) is 0.637. The van der Waals surface area contributed by atoms with Gasteiger partial charge in [0.2, 0.25) is 0 Å². The van der Waals surface area contributed by atoms with E-state index in [-0.39, 0.29) is 6.04 Å². The monoisotopic (exact) mass is 365 g/mol. The molecule has 1 aromatic carbocycles. The van der Waals surface area contributed by atoms with Crippen LogP contribution in [0.3, 0.4) is 0 Å². The summed E-state index contributed by atoms with van der Waals surface area (Å²) < 4.78 is 2.19. The molecule has 0 fully saturated rings. The average molecular weight is 366 g/mol. The molecule has 27 heavy (non-hydrogen) atoms. The summed E-state index contributed by atoms with van der Waals surface area (Å²) in [5.74, 6) is 1.73. The summed E-state index contributed by atoms with van der Waals surface area (Å²) in [4.78, 5) is 14.4.